The topological polar surface area (TPSA) is 54.4 Å². The van der Waals surface area contributed by atoms with Crippen LogP contribution in [-0.4, -0.2) is 13.0 Å². The Morgan fingerprint density at radius 1 is 0.952 bits per heavy atom. The molecule has 21 heavy (non-hydrogen) atoms. The molecule has 0 aliphatic carbocycles. The molecular weight excluding hydrogens is 284 g/mol. The van der Waals surface area contributed by atoms with Crippen molar-refractivity contribution in [1.29, 1.82) is 0 Å². The van der Waals surface area contributed by atoms with Crippen LogP contribution in [0.4, 0.5) is 0 Å². The van der Waals surface area contributed by atoms with Crippen molar-refractivity contribution in [2.75, 3.05) is 0 Å². The minimum atomic E-state index is -4.07. The van der Waals surface area contributed by atoms with Gasteiger partial charge in [0.25, 0.3) is 10.1 Å². The van der Waals surface area contributed by atoms with Gasteiger partial charge >= 0.3 is 0 Å². The van der Waals surface area contributed by atoms with Crippen LogP contribution in [-0.2, 0) is 16.5 Å². The molecule has 0 aliphatic rings. The van der Waals surface area contributed by atoms with E-state index in [9.17, 15) is 8.42 Å². The molecular formula is C17H28O3S. The number of hydrogen-bond donors (Lipinski definition) is 1. The molecule has 0 saturated carbocycles. The van der Waals surface area contributed by atoms with Crippen molar-refractivity contribution < 1.29 is 13.0 Å². The number of hydrogen-bond acceptors (Lipinski definition) is 2. The fourth-order valence-electron chi connectivity index (χ4n) is 2.59. The summed E-state index contributed by atoms with van der Waals surface area (Å²) in [5.41, 5.74) is 1.12. The quantitative estimate of drug-likeness (QED) is 0.671. The van der Waals surface area contributed by atoms with Gasteiger partial charge in [-0.1, -0.05) is 58.6 Å². The first-order chi connectivity index (χ1) is 9.82. The van der Waals surface area contributed by atoms with Gasteiger partial charge in [-0.25, -0.2) is 0 Å². The summed E-state index contributed by atoms with van der Waals surface area (Å²) in [4.78, 5) is -0.0345. The lowest BCUT2D eigenvalue weighted by Crippen LogP contribution is -2.02. The maximum Gasteiger partial charge on any atom is 0.294 e. The summed E-state index contributed by atoms with van der Waals surface area (Å²) in [7, 11) is -4.07. The fourth-order valence-corrected chi connectivity index (χ4v) is 3.07. The van der Waals surface area contributed by atoms with Crippen molar-refractivity contribution >= 4 is 10.1 Å². The van der Waals surface area contributed by atoms with Crippen molar-refractivity contribution in [3.63, 3.8) is 0 Å². The third-order valence-electron chi connectivity index (χ3n) is 4.08. The summed E-state index contributed by atoms with van der Waals surface area (Å²) in [6, 6.07) is 6.52. The van der Waals surface area contributed by atoms with E-state index in [0.29, 0.717) is 5.92 Å². The van der Waals surface area contributed by atoms with Crippen LogP contribution in [0.15, 0.2) is 29.2 Å². The number of rotatable bonds is 9. The molecule has 2 atom stereocenters. The predicted molar refractivity (Wildman–Crippen MR) is 87.0 cm³/mol. The normalized spacial score (nSPS) is 14.9. The lowest BCUT2D eigenvalue weighted by atomic mass is 9.91. The molecule has 0 aliphatic heterocycles. The lowest BCUT2D eigenvalue weighted by molar-refractivity contribution is 0.396. The van der Waals surface area contributed by atoms with Crippen LogP contribution < -0.4 is 0 Å². The van der Waals surface area contributed by atoms with Crippen LogP contribution in [0.5, 0.6) is 0 Å². The van der Waals surface area contributed by atoms with E-state index in [4.69, 9.17) is 4.55 Å². The van der Waals surface area contributed by atoms with Gasteiger partial charge in [0.1, 0.15) is 0 Å². The van der Waals surface area contributed by atoms with Crippen molar-refractivity contribution in [2.24, 2.45) is 11.8 Å². The zero-order valence-electron chi connectivity index (χ0n) is 13.4. The molecule has 0 heterocycles. The molecule has 2 unspecified atom stereocenters. The second-order valence-corrected chi connectivity index (χ2v) is 7.66. The van der Waals surface area contributed by atoms with Crippen LogP contribution in [0.25, 0.3) is 0 Å². The third kappa shape index (κ3) is 7.09. The van der Waals surface area contributed by atoms with E-state index in [2.05, 4.69) is 20.8 Å². The van der Waals surface area contributed by atoms with E-state index >= 15 is 0 Å². The Morgan fingerprint density at radius 3 is 1.95 bits per heavy atom. The molecule has 1 aromatic carbocycles. The smallest absolute Gasteiger partial charge is 0.282 e. The number of aryl methyl sites for hydroxylation is 1. The Labute approximate surface area is 129 Å². The molecule has 1 rings (SSSR count). The van der Waals surface area contributed by atoms with Crippen LogP contribution in [0.3, 0.4) is 0 Å². The number of benzene rings is 1. The first-order valence-corrected chi connectivity index (χ1v) is 9.33. The molecule has 4 heteroatoms. The van der Waals surface area contributed by atoms with Crippen molar-refractivity contribution in [3.8, 4) is 0 Å². The monoisotopic (exact) mass is 312 g/mol. The van der Waals surface area contributed by atoms with Crippen LogP contribution in [0.1, 0.15) is 58.4 Å². The second kappa shape index (κ2) is 8.54. The van der Waals surface area contributed by atoms with Gasteiger partial charge in [0.2, 0.25) is 0 Å². The van der Waals surface area contributed by atoms with Crippen molar-refractivity contribution in [2.45, 2.75) is 64.2 Å². The van der Waals surface area contributed by atoms with Gasteiger partial charge in [-0.3, -0.25) is 4.55 Å². The minimum Gasteiger partial charge on any atom is -0.282 e. The van der Waals surface area contributed by atoms with Gasteiger partial charge in [0.05, 0.1) is 4.90 Å². The van der Waals surface area contributed by atoms with Gasteiger partial charge < -0.3 is 0 Å². The van der Waals surface area contributed by atoms with Crippen LogP contribution >= 0.6 is 0 Å². The maximum atomic E-state index is 11.0. The highest BCUT2D eigenvalue weighted by atomic mass is 32.2. The Kier molecular flexibility index (Phi) is 7.40. The van der Waals surface area contributed by atoms with E-state index in [1.54, 1.807) is 12.1 Å². The first-order valence-electron chi connectivity index (χ1n) is 7.89. The Bertz CT molecular complexity index is 505. The Hall–Kier alpha value is -0.870. The molecule has 0 amide bonds. The summed E-state index contributed by atoms with van der Waals surface area (Å²) in [6.07, 6.45) is 7.18. The molecule has 1 N–H and O–H groups in total. The average Bonchev–Trinajstić information content (AvgIpc) is 2.43. The fraction of sp³-hybridized carbons (Fsp3) is 0.647. The highest BCUT2D eigenvalue weighted by Crippen LogP contribution is 2.20. The molecule has 0 bridgehead atoms. The zero-order valence-corrected chi connectivity index (χ0v) is 14.2. The SMILES string of the molecule is CCCC(C)CCC(C)CCc1ccc(S(=O)(=O)O)cc1. The molecule has 0 spiro atoms. The van der Waals surface area contributed by atoms with Gasteiger partial charge in [-0.15, -0.1) is 0 Å². The first kappa shape index (κ1) is 18.2. The lowest BCUT2D eigenvalue weighted by Gasteiger charge is -2.15. The zero-order chi connectivity index (χ0) is 15.9. The second-order valence-electron chi connectivity index (χ2n) is 6.23. The van der Waals surface area contributed by atoms with Gasteiger partial charge in [0.15, 0.2) is 0 Å². The summed E-state index contributed by atoms with van der Waals surface area (Å²) >= 11 is 0. The molecule has 0 aromatic heterocycles. The highest BCUT2D eigenvalue weighted by Gasteiger charge is 2.10. The summed E-state index contributed by atoms with van der Waals surface area (Å²) in [5, 5.41) is 0. The van der Waals surface area contributed by atoms with Gasteiger partial charge in [0, 0.05) is 0 Å². The summed E-state index contributed by atoms with van der Waals surface area (Å²) in [5.74, 6) is 1.50. The Morgan fingerprint density at radius 2 is 1.48 bits per heavy atom. The van der Waals surface area contributed by atoms with E-state index < -0.39 is 10.1 Å². The van der Waals surface area contributed by atoms with E-state index in [1.165, 1.54) is 37.8 Å². The molecule has 0 fully saturated rings. The minimum absolute atomic E-state index is 0.0345. The van der Waals surface area contributed by atoms with Crippen molar-refractivity contribution in [1.82, 2.24) is 0 Å². The van der Waals surface area contributed by atoms with Gasteiger partial charge in [-0.05, 0) is 42.4 Å². The predicted octanol–water partition coefficient (Wildman–Crippen LogP) is 4.72. The maximum absolute atomic E-state index is 11.0. The molecule has 3 nitrogen and oxygen atoms in total. The van der Waals surface area contributed by atoms with Crippen LogP contribution in [0.2, 0.25) is 0 Å². The summed E-state index contributed by atoms with van der Waals surface area (Å²) < 4.78 is 30.9. The van der Waals surface area contributed by atoms with Crippen molar-refractivity contribution in [3.05, 3.63) is 29.8 Å². The molecule has 120 valence electrons. The van der Waals surface area contributed by atoms with Crippen LogP contribution in [0, 0.1) is 11.8 Å². The highest BCUT2D eigenvalue weighted by molar-refractivity contribution is 7.85. The van der Waals surface area contributed by atoms with E-state index in [-0.39, 0.29) is 4.90 Å². The largest absolute Gasteiger partial charge is 0.294 e. The van der Waals surface area contributed by atoms with Gasteiger partial charge in [-0.2, -0.15) is 8.42 Å². The average molecular weight is 312 g/mol. The Balaban J connectivity index is 2.38. The molecule has 0 radical (unpaired) electrons. The van der Waals surface area contributed by atoms with E-state index in [0.717, 1.165) is 24.3 Å². The van der Waals surface area contributed by atoms with E-state index in [1.807, 2.05) is 0 Å². The molecule has 1 aromatic rings. The summed E-state index contributed by atoms with van der Waals surface area (Å²) in [6.45, 7) is 6.84. The standard InChI is InChI=1S/C17H28O3S/c1-4-5-14(2)6-7-15(3)8-9-16-10-12-17(13-11-16)21(18,19)20/h10-15H,4-9H2,1-3H3,(H,18,19,20). The molecule has 0 saturated heterocycles. The third-order valence-corrected chi connectivity index (χ3v) is 4.95.